The maximum atomic E-state index is 13.2. The van der Waals surface area contributed by atoms with Crippen LogP contribution in [0.3, 0.4) is 0 Å². The van der Waals surface area contributed by atoms with Crippen molar-refractivity contribution in [3.63, 3.8) is 0 Å². The van der Waals surface area contributed by atoms with Gasteiger partial charge in [0.05, 0.1) is 9.90 Å². The zero-order valence-electron chi connectivity index (χ0n) is 11.0. The molecule has 3 nitrogen and oxygen atoms in total. The van der Waals surface area contributed by atoms with E-state index in [1.54, 1.807) is 17.5 Å². The van der Waals surface area contributed by atoms with Crippen molar-refractivity contribution in [2.24, 2.45) is 0 Å². The number of rotatable bonds is 4. The molecule has 0 aliphatic heterocycles. The summed E-state index contributed by atoms with van der Waals surface area (Å²) in [6, 6.07) is 7.50. The third kappa shape index (κ3) is 2.90. The van der Waals surface area contributed by atoms with Gasteiger partial charge in [-0.1, -0.05) is 17.7 Å². The highest BCUT2D eigenvalue weighted by Gasteiger charge is 2.20. The summed E-state index contributed by atoms with van der Waals surface area (Å²) in [5, 5.41) is 2.57. The van der Waals surface area contributed by atoms with Gasteiger partial charge in [-0.15, -0.1) is 22.7 Å². The van der Waals surface area contributed by atoms with Gasteiger partial charge >= 0.3 is 5.97 Å². The van der Waals surface area contributed by atoms with E-state index in [1.807, 2.05) is 0 Å². The lowest BCUT2D eigenvalue weighted by Gasteiger charge is -2.01. The van der Waals surface area contributed by atoms with Gasteiger partial charge in [-0.3, -0.25) is 4.79 Å². The summed E-state index contributed by atoms with van der Waals surface area (Å²) in [6.07, 6.45) is 0. The van der Waals surface area contributed by atoms with Gasteiger partial charge in [-0.2, -0.15) is 0 Å². The Kier molecular flexibility index (Phi) is 4.24. The highest BCUT2D eigenvalue weighted by Crippen LogP contribution is 2.36. The van der Waals surface area contributed by atoms with E-state index < -0.39 is 11.8 Å². The van der Waals surface area contributed by atoms with E-state index in [9.17, 15) is 14.0 Å². The molecular formula is C15H8ClFO3S2. The Labute approximate surface area is 137 Å². The first-order valence-corrected chi connectivity index (χ1v) is 8.25. The molecule has 7 heteroatoms. The molecule has 3 rings (SSSR count). The number of fused-ring (bicyclic) bond motifs is 1. The summed E-state index contributed by atoms with van der Waals surface area (Å²) in [6.45, 7) is -0.349. The van der Waals surface area contributed by atoms with E-state index in [2.05, 4.69) is 0 Å². The molecule has 1 aromatic carbocycles. The number of halogens is 2. The minimum absolute atomic E-state index is 0.168. The molecule has 3 aromatic rings. The molecule has 2 heterocycles. The largest absolute Gasteiger partial charge is 0.453 e. The fourth-order valence-corrected chi connectivity index (χ4v) is 3.95. The van der Waals surface area contributed by atoms with Crippen LogP contribution in [0.4, 0.5) is 4.39 Å². The molecule has 112 valence electrons. The summed E-state index contributed by atoms with van der Waals surface area (Å²) in [5.41, 5.74) is 0. The predicted octanol–water partition coefficient (Wildman–Crippen LogP) is 4.80. The fraction of sp³-hybridized carbons (Fsp3) is 0.0667. The van der Waals surface area contributed by atoms with Crippen LogP contribution in [0.2, 0.25) is 5.02 Å². The molecule has 22 heavy (non-hydrogen) atoms. The van der Waals surface area contributed by atoms with E-state index >= 15 is 0 Å². The first-order chi connectivity index (χ1) is 10.6. The van der Waals surface area contributed by atoms with Crippen molar-refractivity contribution < 1.29 is 18.7 Å². The molecule has 0 N–H and O–H groups in total. The van der Waals surface area contributed by atoms with E-state index in [-0.39, 0.29) is 22.3 Å². The summed E-state index contributed by atoms with van der Waals surface area (Å²) in [7, 11) is 0. The maximum Gasteiger partial charge on any atom is 0.350 e. The lowest BCUT2D eigenvalue weighted by molar-refractivity contribution is 0.0481. The Hall–Kier alpha value is -1.76. The van der Waals surface area contributed by atoms with Crippen LogP contribution in [0.15, 0.2) is 35.7 Å². The standard InChI is InChI=1S/C15H8ClFO3S2/c16-13-9-4-3-8(17)6-12(9)22-14(13)15(19)20-7-10(18)11-2-1-5-21-11/h1-6H,7H2. The van der Waals surface area contributed by atoms with Crippen molar-refractivity contribution in [1.82, 2.24) is 0 Å². The number of Topliss-reactive ketones (excluding diaryl/α,β-unsaturated/α-hetero) is 1. The van der Waals surface area contributed by atoms with E-state index in [0.717, 1.165) is 11.3 Å². The van der Waals surface area contributed by atoms with E-state index in [1.165, 1.54) is 29.5 Å². The SMILES string of the molecule is O=C(COC(=O)c1sc2cc(F)ccc2c1Cl)c1cccs1. The summed E-state index contributed by atoms with van der Waals surface area (Å²) < 4.78 is 18.8. The van der Waals surface area contributed by atoms with E-state index in [0.29, 0.717) is 15.0 Å². The van der Waals surface area contributed by atoms with Gasteiger partial charge in [0.2, 0.25) is 5.78 Å². The van der Waals surface area contributed by atoms with Crippen LogP contribution in [0.25, 0.3) is 10.1 Å². The van der Waals surface area contributed by atoms with Crippen molar-refractivity contribution in [3.8, 4) is 0 Å². The van der Waals surface area contributed by atoms with Gasteiger partial charge in [0, 0.05) is 10.1 Å². The second kappa shape index (κ2) is 6.16. The van der Waals surface area contributed by atoms with Crippen LogP contribution in [-0.2, 0) is 4.74 Å². The quantitative estimate of drug-likeness (QED) is 0.499. The van der Waals surface area contributed by atoms with Crippen LogP contribution < -0.4 is 0 Å². The number of carbonyl (C=O) groups is 2. The number of hydrogen-bond donors (Lipinski definition) is 0. The van der Waals surface area contributed by atoms with Gasteiger partial charge in [-0.05, 0) is 29.6 Å². The number of benzene rings is 1. The molecule has 0 unspecified atom stereocenters. The summed E-state index contributed by atoms with van der Waals surface area (Å²) in [4.78, 5) is 24.5. The highest BCUT2D eigenvalue weighted by atomic mass is 35.5. The Bertz CT molecular complexity index is 855. The Morgan fingerprint density at radius 2 is 2.09 bits per heavy atom. The topological polar surface area (TPSA) is 43.4 Å². The molecule has 0 radical (unpaired) electrons. The van der Waals surface area contributed by atoms with Crippen LogP contribution >= 0.6 is 34.3 Å². The first kappa shape index (κ1) is 15.1. The minimum Gasteiger partial charge on any atom is -0.453 e. The lowest BCUT2D eigenvalue weighted by atomic mass is 10.2. The van der Waals surface area contributed by atoms with Gasteiger partial charge in [-0.25, -0.2) is 9.18 Å². The second-order valence-corrected chi connectivity index (χ2v) is 6.74. The molecular weight excluding hydrogens is 347 g/mol. The van der Waals surface area contributed by atoms with Gasteiger partial charge in [0.25, 0.3) is 0 Å². The molecule has 0 fully saturated rings. The Morgan fingerprint density at radius 3 is 2.82 bits per heavy atom. The van der Waals surface area contributed by atoms with Crippen LogP contribution in [0, 0.1) is 5.82 Å². The zero-order chi connectivity index (χ0) is 15.7. The number of carbonyl (C=O) groups excluding carboxylic acids is 2. The smallest absolute Gasteiger partial charge is 0.350 e. The second-order valence-electron chi connectivity index (χ2n) is 4.36. The maximum absolute atomic E-state index is 13.2. The Balaban J connectivity index is 1.78. The molecule has 0 aliphatic carbocycles. The fourth-order valence-electron chi connectivity index (χ4n) is 1.88. The van der Waals surface area contributed by atoms with Crippen molar-refractivity contribution in [2.75, 3.05) is 6.61 Å². The normalized spacial score (nSPS) is 10.8. The van der Waals surface area contributed by atoms with Gasteiger partial charge in [0.1, 0.15) is 10.7 Å². The molecule has 0 saturated carbocycles. The van der Waals surface area contributed by atoms with Crippen LogP contribution in [0.5, 0.6) is 0 Å². The zero-order valence-corrected chi connectivity index (χ0v) is 13.4. The number of ether oxygens (including phenoxy) is 1. The molecule has 0 aliphatic rings. The van der Waals surface area contributed by atoms with Crippen molar-refractivity contribution in [3.05, 3.63) is 56.3 Å². The number of thiophene rings is 2. The average molecular weight is 355 g/mol. The first-order valence-electron chi connectivity index (χ1n) is 6.17. The average Bonchev–Trinajstić information content (AvgIpc) is 3.13. The van der Waals surface area contributed by atoms with Gasteiger partial charge in [0.15, 0.2) is 6.61 Å². The number of esters is 1. The predicted molar refractivity (Wildman–Crippen MR) is 85.7 cm³/mol. The molecule has 0 amide bonds. The van der Waals surface area contributed by atoms with Crippen LogP contribution in [0.1, 0.15) is 19.3 Å². The third-order valence-corrected chi connectivity index (χ3v) is 5.46. The van der Waals surface area contributed by atoms with Gasteiger partial charge < -0.3 is 4.74 Å². The minimum atomic E-state index is -0.684. The number of hydrogen-bond acceptors (Lipinski definition) is 5. The summed E-state index contributed by atoms with van der Waals surface area (Å²) in [5.74, 6) is -1.36. The number of ketones is 1. The molecule has 0 atom stereocenters. The highest BCUT2D eigenvalue weighted by molar-refractivity contribution is 7.21. The monoisotopic (exact) mass is 354 g/mol. The molecule has 0 spiro atoms. The lowest BCUT2D eigenvalue weighted by Crippen LogP contribution is -2.12. The van der Waals surface area contributed by atoms with Crippen molar-refractivity contribution in [2.45, 2.75) is 0 Å². The third-order valence-electron chi connectivity index (χ3n) is 2.91. The molecule has 0 bridgehead atoms. The van der Waals surface area contributed by atoms with Crippen molar-refractivity contribution in [1.29, 1.82) is 0 Å². The van der Waals surface area contributed by atoms with E-state index in [4.69, 9.17) is 16.3 Å². The van der Waals surface area contributed by atoms with Crippen molar-refractivity contribution >= 4 is 56.1 Å². The molecule has 2 aromatic heterocycles. The molecule has 0 saturated heterocycles. The van der Waals surface area contributed by atoms with Crippen LogP contribution in [-0.4, -0.2) is 18.4 Å². The summed E-state index contributed by atoms with van der Waals surface area (Å²) >= 11 is 8.44. The Morgan fingerprint density at radius 1 is 1.27 bits per heavy atom.